The lowest BCUT2D eigenvalue weighted by molar-refractivity contribution is 0.482. The molecule has 0 saturated carbocycles. The summed E-state index contributed by atoms with van der Waals surface area (Å²) in [5.74, 6) is 1.41. The molecule has 3 heterocycles. The molecule has 0 amide bonds. The van der Waals surface area contributed by atoms with Crippen LogP contribution >= 0.6 is 11.3 Å². The molecule has 2 aromatic rings. The van der Waals surface area contributed by atoms with Gasteiger partial charge in [-0.1, -0.05) is 0 Å². The van der Waals surface area contributed by atoms with Crippen LogP contribution in [-0.4, -0.2) is 22.6 Å². The summed E-state index contributed by atoms with van der Waals surface area (Å²) in [7, 11) is 0. The van der Waals surface area contributed by atoms with Crippen LogP contribution in [0.4, 0.5) is 11.8 Å². The predicted molar refractivity (Wildman–Crippen MR) is 77.2 cm³/mol. The van der Waals surface area contributed by atoms with Crippen molar-refractivity contribution in [2.24, 2.45) is 0 Å². The van der Waals surface area contributed by atoms with E-state index in [0.717, 1.165) is 22.6 Å². The Morgan fingerprint density at radius 3 is 3.00 bits per heavy atom. The average Bonchev–Trinajstić information content (AvgIpc) is 2.69. The second-order valence-corrected chi connectivity index (χ2v) is 6.25. The van der Waals surface area contributed by atoms with Gasteiger partial charge in [-0.25, -0.2) is 4.98 Å². The Morgan fingerprint density at radius 1 is 1.39 bits per heavy atom. The second kappa shape index (κ2) is 4.39. The molecule has 0 aromatic carbocycles. The molecule has 4 nitrogen and oxygen atoms in total. The first-order valence-corrected chi connectivity index (χ1v) is 7.27. The van der Waals surface area contributed by atoms with E-state index in [9.17, 15) is 0 Å². The van der Waals surface area contributed by atoms with Crippen molar-refractivity contribution in [1.82, 2.24) is 9.97 Å². The third kappa shape index (κ3) is 1.92. The van der Waals surface area contributed by atoms with E-state index in [-0.39, 0.29) is 0 Å². The van der Waals surface area contributed by atoms with Gasteiger partial charge in [0.05, 0.1) is 5.39 Å². The second-order valence-electron chi connectivity index (χ2n) is 5.02. The lowest BCUT2D eigenvalue weighted by Gasteiger charge is -2.34. The first-order valence-electron chi connectivity index (χ1n) is 6.45. The molecule has 0 spiro atoms. The maximum absolute atomic E-state index is 5.84. The van der Waals surface area contributed by atoms with Gasteiger partial charge in [0.2, 0.25) is 5.95 Å². The first kappa shape index (κ1) is 11.7. The smallest absolute Gasteiger partial charge is 0.223 e. The van der Waals surface area contributed by atoms with Crippen LogP contribution in [0.25, 0.3) is 10.2 Å². The summed E-state index contributed by atoms with van der Waals surface area (Å²) in [5, 5.41) is 1.15. The molecule has 1 saturated heterocycles. The number of aryl methyl sites for hydroxylation is 1. The number of hydrogen-bond acceptors (Lipinski definition) is 5. The third-order valence-corrected chi connectivity index (χ3v) is 4.53. The van der Waals surface area contributed by atoms with E-state index in [0.29, 0.717) is 12.0 Å². The van der Waals surface area contributed by atoms with E-state index < -0.39 is 0 Å². The van der Waals surface area contributed by atoms with Gasteiger partial charge in [-0.15, -0.1) is 11.3 Å². The minimum atomic E-state index is 0.386. The Balaban J connectivity index is 2.14. The van der Waals surface area contributed by atoms with E-state index in [1.165, 1.54) is 24.1 Å². The molecule has 1 aliphatic heterocycles. The Bertz CT molecular complexity index is 578. The van der Waals surface area contributed by atoms with Crippen molar-refractivity contribution in [2.75, 3.05) is 17.2 Å². The van der Waals surface area contributed by atoms with Crippen LogP contribution in [0.1, 0.15) is 31.1 Å². The molecule has 2 aromatic heterocycles. The van der Waals surface area contributed by atoms with E-state index in [1.807, 2.05) is 0 Å². The molecular weight excluding hydrogens is 244 g/mol. The van der Waals surface area contributed by atoms with Crippen molar-refractivity contribution in [3.63, 3.8) is 0 Å². The summed E-state index contributed by atoms with van der Waals surface area (Å²) in [5.41, 5.74) is 5.84. The molecule has 0 radical (unpaired) electrons. The van der Waals surface area contributed by atoms with Gasteiger partial charge < -0.3 is 10.6 Å². The molecule has 18 heavy (non-hydrogen) atoms. The van der Waals surface area contributed by atoms with Crippen LogP contribution in [0, 0.1) is 6.92 Å². The maximum atomic E-state index is 5.84. The van der Waals surface area contributed by atoms with Crippen molar-refractivity contribution >= 4 is 33.3 Å². The van der Waals surface area contributed by atoms with E-state index in [1.54, 1.807) is 11.3 Å². The van der Waals surface area contributed by atoms with Crippen molar-refractivity contribution in [1.29, 1.82) is 0 Å². The third-order valence-electron chi connectivity index (χ3n) is 3.59. The Kier molecular flexibility index (Phi) is 2.86. The van der Waals surface area contributed by atoms with Crippen LogP contribution in [0.15, 0.2) is 6.07 Å². The zero-order chi connectivity index (χ0) is 12.7. The molecule has 1 unspecified atom stereocenters. The van der Waals surface area contributed by atoms with Crippen molar-refractivity contribution < 1.29 is 0 Å². The van der Waals surface area contributed by atoms with Gasteiger partial charge in [-0.3, -0.25) is 0 Å². The lowest BCUT2D eigenvalue weighted by atomic mass is 10.0. The van der Waals surface area contributed by atoms with E-state index in [2.05, 4.69) is 34.8 Å². The molecule has 0 bridgehead atoms. The zero-order valence-electron chi connectivity index (χ0n) is 10.8. The van der Waals surface area contributed by atoms with E-state index in [4.69, 9.17) is 5.73 Å². The number of piperidine rings is 1. The number of nitrogens with two attached hydrogens (primary N) is 1. The Labute approximate surface area is 111 Å². The van der Waals surface area contributed by atoms with Crippen molar-refractivity contribution in [2.45, 2.75) is 39.2 Å². The average molecular weight is 262 g/mol. The fourth-order valence-corrected chi connectivity index (χ4v) is 3.56. The molecule has 0 aliphatic carbocycles. The molecular formula is C13H18N4S. The molecule has 1 fully saturated rings. The van der Waals surface area contributed by atoms with E-state index >= 15 is 0 Å². The first-order chi connectivity index (χ1) is 8.65. The molecule has 3 rings (SSSR count). The Morgan fingerprint density at radius 2 is 2.22 bits per heavy atom. The normalized spacial score (nSPS) is 20.6. The number of nitrogen functional groups attached to an aromatic ring is 1. The zero-order valence-corrected chi connectivity index (χ0v) is 11.6. The molecule has 1 atom stereocenters. The largest absolute Gasteiger partial charge is 0.368 e. The lowest BCUT2D eigenvalue weighted by Crippen LogP contribution is -2.38. The number of thiophene rings is 1. The molecule has 5 heteroatoms. The van der Waals surface area contributed by atoms with Gasteiger partial charge in [-0.2, -0.15) is 4.98 Å². The van der Waals surface area contributed by atoms with Gasteiger partial charge in [0.25, 0.3) is 0 Å². The highest BCUT2D eigenvalue weighted by molar-refractivity contribution is 7.18. The quantitative estimate of drug-likeness (QED) is 0.858. The van der Waals surface area contributed by atoms with Crippen LogP contribution in [0.2, 0.25) is 0 Å². The number of anilines is 2. The minimum Gasteiger partial charge on any atom is -0.368 e. The fraction of sp³-hybridized carbons (Fsp3) is 0.538. The highest BCUT2D eigenvalue weighted by Gasteiger charge is 2.22. The highest BCUT2D eigenvalue weighted by atomic mass is 32.1. The van der Waals surface area contributed by atoms with Gasteiger partial charge in [-0.05, 0) is 39.2 Å². The molecule has 96 valence electrons. The highest BCUT2D eigenvalue weighted by Crippen LogP contribution is 2.33. The molecule has 1 aliphatic rings. The predicted octanol–water partition coefficient (Wildman–Crippen LogP) is 2.96. The molecule has 2 N–H and O–H groups in total. The van der Waals surface area contributed by atoms with Crippen molar-refractivity contribution in [3.8, 4) is 0 Å². The topological polar surface area (TPSA) is 55.0 Å². The van der Waals surface area contributed by atoms with Gasteiger partial charge in [0.15, 0.2) is 0 Å². The number of aromatic nitrogens is 2. The Hall–Kier alpha value is -1.36. The van der Waals surface area contributed by atoms with Gasteiger partial charge in [0.1, 0.15) is 10.6 Å². The van der Waals surface area contributed by atoms with Gasteiger partial charge in [0, 0.05) is 17.5 Å². The van der Waals surface area contributed by atoms with Gasteiger partial charge >= 0.3 is 0 Å². The van der Waals surface area contributed by atoms with Crippen LogP contribution in [-0.2, 0) is 0 Å². The number of rotatable bonds is 1. The summed E-state index contributed by atoms with van der Waals surface area (Å²) in [6.45, 7) is 5.44. The van der Waals surface area contributed by atoms with Crippen LogP contribution < -0.4 is 10.6 Å². The minimum absolute atomic E-state index is 0.386. The SMILES string of the molecule is Cc1cc2c(N3CCCCC3C)nc(N)nc2s1. The van der Waals surface area contributed by atoms with Crippen molar-refractivity contribution in [3.05, 3.63) is 10.9 Å². The summed E-state index contributed by atoms with van der Waals surface area (Å²) >= 11 is 1.69. The summed E-state index contributed by atoms with van der Waals surface area (Å²) in [4.78, 5) is 13.5. The fourth-order valence-electron chi connectivity index (χ4n) is 2.67. The summed E-state index contributed by atoms with van der Waals surface area (Å²) < 4.78 is 0. The number of nitrogens with zero attached hydrogens (tertiary/aromatic N) is 3. The van der Waals surface area contributed by atoms with Crippen LogP contribution in [0.3, 0.4) is 0 Å². The number of fused-ring (bicyclic) bond motifs is 1. The number of hydrogen-bond donors (Lipinski definition) is 1. The standard InChI is InChI=1S/C13H18N4S/c1-8-5-3-4-6-17(8)11-10-7-9(2)18-12(10)16-13(14)15-11/h7-8H,3-6H2,1-2H3,(H2,14,15,16). The summed E-state index contributed by atoms with van der Waals surface area (Å²) in [6, 6.07) is 2.72. The maximum Gasteiger partial charge on any atom is 0.223 e. The summed E-state index contributed by atoms with van der Waals surface area (Å²) in [6.07, 6.45) is 3.78. The van der Waals surface area contributed by atoms with Crippen LogP contribution in [0.5, 0.6) is 0 Å². The monoisotopic (exact) mass is 262 g/mol.